The van der Waals surface area contributed by atoms with E-state index in [9.17, 15) is 10.2 Å². The molecule has 0 amide bonds. The number of rotatable bonds is 6. The molecule has 0 radical (unpaired) electrons. The van der Waals surface area contributed by atoms with Crippen LogP contribution >= 0.6 is 50.7 Å². The number of nitrogen functional groups attached to an aromatic ring is 4. The zero-order valence-electron chi connectivity index (χ0n) is 41.6. The molecule has 12 N–H and O–H groups in total. The van der Waals surface area contributed by atoms with Crippen LogP contribution in [0.5, 0.6) is 11.5 Å². The summed E-state index contributed by atoms with van der Waals surface area (Å²) < 4.78 is 32.6. The predicted molar refractivity (Wildman–Crippen MR) is 301 cm³/mol. The second-order valence-corrected chi connectivity index (χ2v) is 18.8. The zero-order valence-corrected chi connectivity index (χ0v) is 45.5. The lowest BCUT2D eigenvalue weighted by atomic mass is 9.79. The van der Waals surface area contributed by atoms with Crippen LogP contribution in [-0.2, 0) is 9.31 Å². The maximum Gasteiger partial charge on any atom is 0.526 e. The van der Waals surface area contributed by atoms with Crippen LogP contribution < -0.4 is 34.1 Å². The molecule has 11 rings (SSSR count). The Balaban J connectivity index is 0.000000156. The van der Waals surface area contributed by atoms with Gasteiger partial charge < -0.3 is 70.2 Å². The fourth-order valence-corrected chi connectivity index (χ4v) is 7.09. The summed E-state index contributed by atoms with van der Waals surface area (Å²) in [6.07, 6.45) is 15.0. The molecule has 402 valence electrons. The Morgan fingerprint density at radius 1 is 0.538 bits per heavy atom. The maximum atomic E-state index is 9.48. The number of phenolic OH excluding ortho intramolecular Hbond substituents is 2. The summed E-state index contributed by atoms with van der Waals surface area (Å²) >= 11 is 20.5. The molecule has 0 spiro atoms. The Morgan fingerprint density at radius 3 is 1.53 bits per heavy atom. The van der Waals surface area contributed by atoms with E-state index in [4.69, 9.17) is 90.3 Å². The highest BCUT2D eigenvalue weighted by Crippen LogP contribution is 2.37. The molecule has 28 heteroatoms. The van der Waals surface area contributed by atoms with Crippen LogP contribution in [0.25, 0.3) is 45.6 Å². The van der Waals surface area contributed by atoms with Gasteiger partial charge in [0.2, 0.25) is 0 Å². The number of anilines is 4. The minimum Gasteiger partial charge on any atom is -0.506 e. The van der Waals surface area contributed by atoms with Crippen molar-refractivity contribution in [3.05, 3.63) is 167 Å². The molecule has 0 unspecified atom stereocenters. The van der Waals surface area contributed by atoms with Gasteiger partial charge in [-0.3, -0.25) is 9.97 Å². The number of hydrogen-bond donors (Lipinski definition) is 8. The summed E-state index contributed by atoms with van der Waals surface area (Å²) in [5.74, 6) is 3.36. The molecule has 0 bridgehead atoms. The van der Waals surface area contributed by atoms with Crippen LogP contribution in [0.2, 0.25) is 15.2 Å². The zero-order chi connectivity index (χ0) is 56.6. The molecule has 8 aromatic heterocycles. The van der Waals surface area contributed by atoms with Crippen molar-refractivity contribution in [2.75, 3.05) is 22.9 Å². The average molecular weight is 1180 g/mol. The van der Waals surface area contributed by atoms with Crippen LogP contribution in [0.4, 0.5) is 23.3 Å². The van der Waals surface area contributed by atoms with Crippen molar-refractivity contribution in [1.82, 2.24) is 39.9 Å². The molecular formula is C50H48B2BrCl3N12O10. The monoisotopic (exact) mass is 1180 g/mol. The summed E-state index contributed by atoms with van der Waals surface area (Å²) in [4.78, 5) is 31.9. The molecule has 1 aliphatic rings. The van der Waals surface area contributed by atoms with Gasteiger partial charge >= 0.3 is 14.2 Å². The van der Waals surface area contributed by atoms with Crippen molar-refractivity contribution in [2.45, 2.75) is 38.9 Å². The largest absolute Gasteiger partial charge is 0.526 e. The highest BCUT2D eigenvalue weighted by atomic mass is 79.9. The van der Waals surface area contributed by atoms with Crippen LogP contribution in [-0.4, -0.2) is 85.6 Å². The Kier molecular flexibility index (Phi) is 20.8. The van der Waals surface area contributed by atoms with Crippen LogP contribution in [0.15, 0.2) is 169 Å². The van der Waals surface area contributed by atoms with Gasteiger partial charge in [-0.2, -0.15) is 0 Å². The Morgan fingerprint density at radius 2 is 1.04 bits per heavy atom. The van der Waals surface area contributed by atoms with Gasteiger partial charge in [0, 0.05) is 5.56 Å². The summed E-state index contributed by atoms with van der Waals surface area (Å²) in [5, 5.41) is 36.5. The van der Waals surface area contributed by atoms with Gasteiger partial charge in [-0.25, -0.2) is 29.9 Å². The number of aromatic nitrogens is 8. The Hall–Kier alpha value is -8.00. The number of aromatic hydroxyl groups is 2. The van der Waals surface area contributed by atoms with E-state index in [1.807, 2.05) is 33.8 Å². The highest BCUT2D eigenvalue weighted by molar-refractivity contribution is 9.10. The van der Waals surface area contributed by atoms with Crippen LogP contribution in [0.1, 0.15) is 27.7 Å². The first kappa shape index (κ1) is 59.2. The number of nitrogens with zero attached hydrogens (tertiary/aromatic N) is 8. The van der Waals surface area contributed by atoms with Gasteiger partial charge in [-0.15, -0.1) is 0 Å². The number of halogens is 4. The van der Waals surface area contributed by atoms with Crippen molar-refractivity contribution < 1.29 is 47.2 Å². The van der Waals surface area contributed by atoms with Crippen molar-refractivity contribution in [2.24, 2.45) is 0 Å². The highest BCUT2D eigenvalue weighted by Gasteiger charge is 2.51. The third-order valence-electron chi connectivity index (χ3n) is 10.6. The van der Waals surface area contributed by atoms with Crippen molar-refractivity contribution >= 4 is 99.4 Å². The summed E-state index contributed by atoms with van der Waals surface area (Å²) in [7, 11) is -1.93. The lowest BCUT2D eigenvalue weighted by Crippen LogP contribution is -2.41. The van der Waals surface area contributed by atoms with E-state index in [0.717, 1.165) is 5.46 Å². The van der Waals surface area contributed by atoms with Crippen LogP contribution in [0.3, 0.4) is 0 Å². The molecule has 1 fully saturated rings. The van der Waals surface area contributed by atoms with Gasteiger partial charge in [-0.05, 0) is 128 Å². The van der Waals surface area contributed by atoms with Crippen molar-refractivity contribution in [3.63, 3.8) is 0 Å². The number of hydrogen-bond acceptors (Lipinski definition) is 22. The van der Waals surface area contributed by atoms with E-state index in [1.54, 1.807) is 91.7 Å². The molecule has 1 saturated heterocycles. The Labute approximate surface area is 469 Å². The van der Waals surface area contributed by atoms with Crippen LogP contribution in [0, 0.1) is 0 Å². The molecule has 9 heterocycles. The molecule has 1 aliphatic heterocycles. The molecule has 0 aliphatic carbocycles. The number of phenols is 2. The van der Waals surface area contributed by atoms with E-state index < -0.39 is 14.2 Å². The van der Waals surface area contributed by atoms with Gasteiger partial charge in [0.1, 0.15) is 67.3 Å². The fraction of sp³-hybridized carbons (Fsp3) is 0.120. The van der Waals surface area contributed by atoms with E-state index in [0.29, 0.717) is 83.7 Å². The van der Waals surface area contributed by atoms with Crippen molar-refractivity contribution in [1.29, 1.82) is 0 Å². The Bertz CT molecular complexity index is 3430. The average Bonchev–Trinajstić information content (AvgIpc) is 4.35. The van der Waals surface area contributed by atoms with Gasteiger partial charge in [0.25, 0.3) is 0 Å². The first-order valence-corrected chi connectivity index (χ1v) is 24.6. The topological polar surface area (TPSA) is 359 Å². The normalized spacial score (nSPS) is 12.6. The predicted octanol–water partition coefficient (Wildman–Crippen LogP) is 8.76. The number of benzene rings is 2. The number of nitrogens with two attached hydrogens (primary N) is 4. The van der Waals surface area contributed by atoms with E-state index in [2.05, 4.69) is 60.2 Å². The maximum absolute atomic E-state index is 9.48. The lowest BCUT2D eigenvalue weighted by molar-refractivity contribution is 0.00578. The quantitative estimate of drug-likeness (QED) is 0.0721. The minimum atomic E-state index is -1.48. The smallest absolute Gasteiger partial charge is 0.506 e. The van der Waals surface area contributed by atoms with Gasteiger partial charge in [0.05, 0.1) is 89.2 Å². The van der Waals surface area contributed by atoms with Gasteiger partial charge in [-0.1, -0.05) is 40.9 Å². The fourth-order valence-electron chi connectivity index (χ4n) is 6.18. The second-order valence-electron chi connectivity index (χ2n) is 16.8. The number of furan rings is 4. The third-order valence-corrected chi connectivity index (χ3v) is 12.0. The third kappa shape index (κ3) is 16.7. The summed E-state index contributed by atoms with van der Waals surface area (Å²) in [6.45, 7) is 7.98. The molecule has 0 saturated carbocycles. The summed E-state index contributed by atoms with van der Waals surface area (Å²) in [6, 6.07) is 23.6. The minimum absolute atomic E-state index is 0.0124. The van der Waals surface area contributed by atoms with E-state index >= 15 is 0 Å². The molecule has 0 atom stereocenters. The van der Waals surface area contributed by atoms with E-state index in [1.165, 1.54) is 49.4 Å². The van der Waals surface area contributed by atoms with Gasteiger partial charge in [0.15, 0.2) is 17.3 Å². The molecular weight excluding hydrogens is 1140 g/mol. The molecule has 10 aromatic rings. The van der Waals surface area contributed by atoms with E-state index in [-0.39, 0.29) is 33.4 Å². The molecule has 22 nitrogen and oxygen atoms in total. The standard InChI is InChI=1S/C14H10ClN3O2.C12H16BClO3.C8H6BrN3O.C8H7N3O.C4H5BO3.C4H4ClN3/c15-9-6-8(3-4-10(9)19)13-14(11-2-1-5-20-11)18-12(16)7-17-13;1-11(2)12(3,4)17-13(16-11)8-5-6-10(15)9(14)7-8;9-8-7(5-2-1-3-13-5)12-6(10)4-11-8;9-8-5-10-4-6(11-8)7-2-1-3-12-7;6-5(7)4-2-1-3-8-4;5-3-1-7-2-4(6)8-3/h1-7,19H,(H2,16,18);5-7,15H,1-4H3;1-4H,(H2,10,12);1-5H,(H2,9,11);1-3,6-7H;1-2H,(H2,6,8). The summed E-state index contributed by atoms with van der Waals surface area (Å²) in [5.41, 5.74) is 25.2. The SMILES string of the molecule is CC1(C)OB(c2ccc(O)c(Cl)c2)OC1(C)C.Nc1cnc(-c2ccc(O)c(Cl)c2)c(-c2ccco2)n1.Nc1cnc(Br)c(-c2ccco2)n1.Nc1cncc(-c2ccco2)n1.Nc1cncc(Cl)n1.OB(O)c1ccco1. The molecule has 2 aromatic carbocycles. The second kappa shape index (κ2) is 27.4. The first-order valence-electron chi connectivity index (χ1n) is 22.7. The first-order chi connectivity index (χ1) is 37.1. The van der Waals surface area contributed by atoms with Crippen molar-refractivity contribution in [3.8, 4) is 57.1 Å². The lowest BCUT2D eigenvalue weighted by Gasteiger charge is -2.32. The molecule has 78 heavy (non-hydrogen) atoms.